The van der Waals surface area contributed by atoms with E-state index >= 15 is 0 Å². The SMILES string of the molecule is CCCC(C)C(N)c1cc(Cl)cc(Br)c1OC. The van der Waals surface area contributed by atoms with Gasteiger partial charge in [0.25, 0.3) is 0 Å². The predicted octanol–water partition coefficient (Wildman–Crippen LogP) is 4.55. The minimum absolute atomic E-state index is 0.0556. The van der Waals surface area contributed by atoms with Crippen LogP contribution in [0.2, 0.25) is 5.02 Å². The van der Waals surface area contributed by atoms with Gasteiger partial charge in [0.05, 0.1) is 11.6 Å². The molecule has 0 radical (unpaired) electrons. The normalized spacial score (nSPS) is 14.5. The van der Waals surface area contributed by atoms with Crippen molar-refractivity contribution < 1.29 is 4.74 Å². The summed E-state index contributed by atoms with van der Waals surface area (Å²) in [6.07, 6.45) is 2.22. The van der Waals surface area contributed by atoms with Crippen molar-refractivity contribution in [3.63, 3.8) is 0 Å². The molecule has 1 aromatic rings. The van der Waals surface area contributed by atoms with Gasteiger partial charge >= 0.3 is 0 Å². The maximum Gasteiger partial charge on any atom is 0.137 e. The van der Waals surface area contributed by atoms with Gasteiger partial charge in [-0.15, -0.1) is 0 Å². The second-order valence-corrected chi connectivity index (χ2v) is 5.59. The zero-order valence-corrected chi connectivity index (χ0v) is 12.8. The third-order valence-corrected chi connectivity index (χ3v) is 3.76. The van der Waals surface area contributed by atoms with Gasteiger partial charge in [0, 0.05) is 16.6 Å². The first-order valence-electron chi connectivity index (χ1n) is 5.79. The minimum atomic E-state index is -0.0556. The summed E-state index contributed by atoms with van der Waals surface area (Å²) < 4.78 is 6.24. The van der Waals surface area contributed by atoms with E-state index in [4.69, 9.17) is 22.1 Å². The highest BCUT2D eigenvalue weighted by Crippen LogP contribution is 2.38. The molecule has 4 heteroatoms. The van der Waals surface area contributed by atoms with Gasteiger partial charge in [-0.3, -0.25) is 0 Å². The summed E-state index contributed by atoms with van der Waals surface area (Å²) in [6.45, 7) is 4.32. The molecule has 17 heavy (non-hydrogen) atoms. The molecule has 0 saturated heterocycles. The number of methoxy groups -OCH3 is 1. The molecular weight excluding hydrogens is 302 g/mol. The van der Waals surface area contributed by atoms with Crippen LogP contribution in [0.1, 0.15) is 38.3 Å². The molecule has 0 aromatic heterocycles. The highest BCUT2D eigenvalue weighted by Gasteiger charge is 2.20. The Balaban J connectivity index is 3.11. The monoisotopic (exact) mass is 319 g/mol. The van der Waals surface area contributed by atoms with Crippen molar-refractivity contribution in [2.75, 3.05) is 7.11 Å². The lowest BCUT2D eigenvalue weighted by atomic mass is 9.91. The average Bonchev–Trinajstić information content (AvgIpc) is 2.27. The van der Waals surface area contributed by atoms with Crippen molar-refractivity contribution in [3.05, 3.63) is 27.2 Å². The van der Waals surface area contributed by atoms with Gasteiger partial charge in [0.1, 0.15) is 5.75 Å². The van der Waals surface area contributed by atoms with E-state index in [0.717, 1.165) is 28.6 Å². The molecule has 0 fully saturated rings. The molecule has 0 bridgehead atoms. The number of rotatable bonds is 5. The molecule has 0 aliphatic rings. The largest absolute Gasteiger partial charge is 0.495 e. The summed E-state index contributed by atoms with van der Waals surface area (Å²) in [5.41, 5.74) is 7.24. The van der Waals surface area contributed by atoms with Crippen LogP contribution < -0.4 is 10.5 Å². The van der Waals surface area contributed by atoms with Gasteiger partial charge in [0.15, 0.2) is 0 Å². The van der Waals surface area contributed by atoms with Crippen LogP contribution >= 0.6 is 27.5 Å². The smallest absolute Gasteiger partial charge is 0.137 e. The Bertz CT molecular complexity index is 384. The summed E-state index contributed by atoms with van der Waals surface area (Å²) in [4.78, 5) is 0. The van der Waals surface area contributed by atoms with E-state index in [2.05, 4.69) is 29.8 Å². The second kappa shape index (κ2) is 6.62. The van der Waals surface area contributed by atoms with Crippen LogP contribution in [0, 0.1) is 5.92 Å². The number of nitrogens with two attached hydrogens (primary N) is 1. The first-order valence-corrected chi connectivity index (χ1v) is 6.96. The van der Waals surface area contributed by atoms with Crippen molar-refractivity contribution >= 4 is 27.5 Å². The molecule has 2 N–H and O–H groups in total. The van der Waals surface area contributed by atoms with Crippen molar-refractivity contribution in [3.8, 4) is 5.75 Å². The summed E-state index contributed by atoms with van der Waals surface area (Å²) in [5.74, 6) is 1.18. The Labute approximate surface area is 117 Å². The molecule has 0 aliphatic carbocycles. The fraction of sp³-hybridized carbons (Fsp3) is 0.538. The molecule has 96 valence electrons. The molecule has 0 heterocycles. The Hall–Kier alpha value is -0.250. The van der Waals surface area contributed by atoms with Crippen LogP contribution in [0.3, 0.4) is 0 Å². The number of ether oxygens (including phenoxy) is 1. The third kappa shape index (κ3) is 3.60. The Morgan fingerprint density at radius 1 is 1.47 bits per heavy atom. The minimum Gasteiger partial charge on any atom is -0.495 e. The van der Waals surface area contributed by atoms with Gasteiger partial charge in [-0.25, -0.2) is 0 Å². The second-order valence-electron chi connectivity index (χ2n) is 4.30. The zero-order chi connectivity index (χ0) is 13.0. The highest BCUT2D eigenvalue weighted by atomic mass is 79.9. The maximum absolute atomic E-state index is 6.28. The molecule has 0 saturated carbocycles. The lowest BCUT2D eigenvalue weighted by Crippen LogP contribution is -2.20. The Morgan fingerprint density at radius 3 is 2.65 bits per heavy atom. The number of hydrogen-bond donors (Lipinski definition) is 1. The van der Waals surface area contributed by atoms with Crippen molar-refractivity contribution in [1.82, 2.24) is 0 Å². The molecule has 0 spiro atoms. The summed E-state index contributed by atoms with van der Waals surface area (Å²) in [7, 11) is 1.65. The number of hydrogen-bond acceptors (Lipinski definition) is 2. The first kappa shape index (κ1) is 14.8. The van der Waals surface area contributed by atoms with Gasteiger partial charge < -0.3 is 10.5 Å². The summed E-state index contributed by atoms with van der Waals surface area (Å²) >= 11 is 9.51. The van der Waals surface area contributed by atoms with Crippen LogP contribution in [0.25, 0.3) is 0 Å². The van der Waals surface area contributed by atoms with Gasteiger partial charge in [-0.05, 0) is 40.4 Å². The van der Waals surface area contributed by atoms with Crippen LogP contribution in [0.5, 0.6) is 5.75 Å². The number of benzene rings is 1. The zero-order valence-electron chi connectivity index (χ0n) is 10.5. The molecule has 0 aliphatic heterocycles. The van der Waals surface area contributed by atoms with Crippen molar-refractivity contribution in [2.24, 2.45) is 11.7 Å². The van der Waals surface area contributed by atoms with Gasteiger partial charge in [0.2, 0.25) is 0 Å². The lowest BCUT2D eigenvalue weighted by molar-refractivity contribution is 0.381. The molecule has 2 unspecified atom stereocenters. The van der Waals surface area contributed by atoms with E-state index in [1.54, 1.807) is 7.11 Å². The van der Waals surface area contributed by atoms with Crippen LogP contribution in [0.4, 0.5) is 0 Å². The van der Waals surface area contributed by atoms with Crippen molar-refractivity contribution in [2.45, 2.75) is 32.7 Å². The van der Waals surface area contributed by atoms with Crippen LogP contribution in [-0.2, 0) is 0 Å². The van der Waals surface area contributed by atoms with E-state index in [-0.39, 0.29) is 6.04 Å². The average molecular weight is 321 g/mol. The summed E-state index contributed by atoms with van der Waals surface area (Å²) in [6, 6.07) is 3.66. The van der Waals surface area contributed by atoms with E-state index in [9.17, 15) is 0 Å². The molecule has 1 aromatic carbocycles. The molecule has 2 nitrogen and oxygen atoms in total. The standard InChI is InChI=1S/C13H19BrClNO/c1-4-5-8(2)12(16)10-6-9(15)7-11(14)13(10)17-3/h6-8,12H,4-5,16H2,1-3H3. The predicted molar refractivity (Wildman–Crippen MR) is 76.7 cm³/mol. The highest BCUT2D eigenvalue weighted by molar-refractivity contribution is 9.10. The summed E-state index contributed by atoms with van der Waals surface area (Å²) in [5, 5.41) is 0.673. The first-order chi connectivity index (χ1) is 8.01. The molecule has 1 rings (SSSR count). The van der Waals surface area contributed by atoms with E-state index in [1.165, 1.54) is 0 Å². The van der Waals surface area contributed by atoms with E-state index in [0.29, 0.717) is 10.9 Å². The van der Waals surface area contributed by atoms with Gasteiger partial charge in [-0.2, -0.15) is 0 Å². The van der Waals surface area contributed by atoms with E-state index in [1.807, 2.05) is 12.1 Å². The fourth-order valence-corrected chi connectivity index (χ4v) is 2.98. The third-order valence-electron chi connectivity index (χ3n) is 2.96. The van der Waals surface area contributed by atoms with Crippen LogP contribution in [-0.4, -0.2) is 7.11 Å². The Kier molecular flexibility index (Phi) is 5.77. The number of halogens is 2. The molecule has 0 amide bonds. The fourth-order valence-electron chi connectivity index (χ4n) is 1.98. The lowest BCUT2D eigenvalue weighted by Gasteiger charge is -2.22. The van der Waals surface area contributed by atoms with Crippen LogP contribution in [0.15, 0.2) is 16.6 Å². The topological polar surface area (TPSA) is 35.2 Å². The Morgan fingerprint density at radius 2 is 2.12 bits per heavy atom. The van der Waals surface area contributed by atoms with Crippen molar-refractivity contribution in [1.29, 1.82) is 0 Å². The quantitative estimate of drug-likeness (QED) is 0.864. The van der Waals surface area contributed by atoms with Gasteiger partial charge in [-0.1, -0.05) is 31.9 Å². The molecule has 2 atom stereocenters. The molecular formula is C13H19BrClNO. The maximum atomic E-state index is 6.28. The van der Waals surface area contributed by atoms with E-state index < -0.39 is 0 Å².